The van der Waals surface area contributed by atoms with Gasteiger partial charge in [0.2, 0.25) is 0 Å². The number of aliphatic hydroxyl groups is 2. The van der Waals surface area contributed by atoms with E-state index in [0.717, 1.165) is 25.2 Å². The molecule has 4 heteroatoms. The van der Waals surface area contributed by atoms with E-state index in [0.29, 0.717) is 5.75 Å². The summed E-state index contributed by atoms with van der Waals surface area (Å²) >= 11 is 0. The molecule has 4 nitrogen and oxygen atoms in total. The minimum atomic E-state index is -0.125. The average molecular weight is 623 g/mol. The molecule has 0 radical (unpaired) electrons. The van der Waals surface area contributed by atoms with Crippen molar-refractivity contribution in [1.29, 1.82) is 0 Å². The van der Waals surface area contributed by atoms with E-state index in [4.69, 9.17) is 14.9 Å². The molecule has 0 amide bonds. The van der Waals surface area contributed by atoms with Gasteiger partial charge in [-0.2, -0.15) is 0 Å². The van der Waals surface area contributed by atoms with Crippen LogP contribution in [0.5, 0.6) is 5.75 Å². The van der Waals surface area contributed by atoms with Crippen LogP contribution in [0.25, 0.3) is 0 Å². The van der Waals surface area contributed by atoms with Gasteiger partial charge in [0.25, 0.3) is 0 Å². The zero-order chi connectivity index (χ0) is 38.5. The molecule has 1 aromatic rings. The van der Waals surface area contributed by atoms with Crippen molar-refractivity contribution in [2.75, 3.05) is 26.4 Å². The molecule has 0 fully saturated rings. The fraction of sp³-hybridized carbons (Fsp3) is 0.350. The number of aliphatic hydroxyl groups excluding tert-OH is 2. The Morgan fingerprint density at radius 2 is 0.773 bits per heavy atom. The monoisotopic (exact) mass is 623 g/mol. The van der Waals surface area contributed by atoms with Gasteiger partial charge in [0, 0.05) is 13.2 Å². The van der Waals surface area contributed by atoms with Crippen LogP contribution in [0, 0.1) is 0 Å². The van der Waals surface area contributed by atoms with E-state index >= 15 is 0 Å². The third-order valence-electron chi connectivity index (χ3n) is 3.30. The highest BCUT2D eigenvalue weighted by molar-refractivity contribution is 5.31. The van der Waals surface area contributed by atoms with Crippen LogP contribution < -0.4 is 0 Å². The number of benzene rings is 1. The van der Waals surface area contributed by atoms with Gasteiger partial charge < -0.3 is 20.1 Å². The second-order valence-electron chi connectivity index (χ2n) is 5.38. The summed E-state index contributed by atoms with van der Waals surface area (Å²) in [6.07, 6.45) is 8.85. The Morgan fingerprint density at radius 1 is 0.477 bits per heavy atom. The van der Waals surface area contributed by atoms with Crippen LogP contribution in [-0.4, -0.2) is 41.7 Å². The van der Waals surface area contributed by atoms with Gasteiger partial charge in [-0.25, -0.2) is 0 Å². The van der Waals surface area contributed by atoms with Crippen molar-refractivity contribution in [2.45, 2.75) is 65.7 Å². The summed E-state index contributed by atoms with van der Waals surface area (Å²) in [7, 11) is 0. The minimum absolute atomic E-state index is 0.125. The predicted molar refractivity (Wildman–Crippen MR) is 214 cm³/mol. The number of ether oxygens (including phenoxy) is 1. The summed E-state index contributed by atoms with van der Waals surface area (Å²) in [5, 5.41) is 24.8. The molecule has 0 atom stereocenters. The molecule has 0 unspecified atom stereocenters. The average Bonchev–Trinajstić information content (AvgIpc) is 3.16. The van der Waals surface area contributed by atoms with Crippen LogP contribution in [0.3, 0.4) is 0 Å². The van der Waals surface area contributed by atoms with Crippen molar-refractivity contribution in [3.63, 3.8) is 0 Å². The first kappa shape index (κ1) is 77.7. The van der Waals surface area contributed by atoms with Crippen molar-refractivity contribution in [3.05, 3.63) is 161 Å². The lowest BCUT2D eigenvalue weighted by Crippen LogP contribution is -1.86. The van der Waals surface area contributed by atoms with Gasteiger partial charge in [-0.1, -0.05) is 57.2 Å². The van der Waals surface area contributed by atoms with E-state index in [1.807, 2.05) is 32.0 Å². The number of hydrogen-bond donors (Lipinski definition) is 3. The first-order chi connectivity index (χ1) is 21.7. The van der Waals surface area contributed by atoms with Crippen molar-refractivity contribution >= 4 is 0 Å². The topological polar surface area (TPSA) is 69.9 Å². The molecule has 44 heavy (non-hydrogen) atoms. The summed E-state index contributed by atoms with van der Waals surface area (Å²) in [4.78, 5) is 0. The largest absolute Gasteiger partial charge is 0.508 e. The highest BCUT2D eigenvalue weighted by Crippen LogP contribution is 2.18. The summed E-state index contributed by atoms with van der Waals surface area (Å²) in [6, 6.07) is 7.65. The zero-order valence-corrected chi connectivity index (χ0v) is 30.0. The molecular formula is C40H78O4. The molecule has 262 valence electrons. The normalized spacial score (nSPS) is 6.11. The first-order valence-corrected chi connectivity index (χ1v) is 14.2. The third kappa shape index (κ3) is 159. The number of rotatable bonds is 10. The number of unbranched alkanes of at least 4 members (excludes halogenated alkanes) is 5. The molecule has 1 rings (SSSR count). The Morgan fingerprint density at radius 3 is 1.02 bits per heavy atom. The number of phenolic OH excluding ortho intramolecular Hbond substituents is 1. The molecule has 0 aromatic heterocycles. The Labute approximate surface area is 279 Å². The highest BCUT2D eigenvalue weighted by Gasteiger charge is 1.98. The summed E-state index contributed by atoms with van der Waals surface area (Å²) < 4.78 is 4.83. The molecule has 0 aliphatic rings. The predicted octanol–water partition coefficient (Wildman–Crippen LogP) is 12.3. The van der Waals surface area contributed by atoms with E-state index in [1.54, 1.807) is 6.07 Å². The lowest BCUT2D eigenvalue weighted by atomic mass is 10.0. The zero-order valence-electron chi connectivity index (χ0n) is 30.0. The molecule has 0 heterocycles. The standard InChI is InChI=1S/C14H22O.C4H10O.C2H6O2.10C2H4/c1-2-3-4-5-6-7-10-13-11-8-9-12-14(13)15;1-3-5-4-2;3-1-2-4;10*1-2/h8-9,11-12,15H,2-7,10H2,1H3;3-4H2,1-2H3;3-4H,1-2H2;10*1-2H2. The Balaban J connectivity index is -0.0000000299. The molecule has 1 aromatic carbocycles. The van der Waals surface area contributed by atoms with E-state index < -0.39 is 0 Å². The molecule has 0 saturated carbocycles. The fourth-order valence-corrected chi connectivity index (χ4v) is 2.02. The Bertz CT molecular complexity index is 443. The minimum Gasteiger partial charge on any atom is -0.508 e. The molecule has 0 saturated heterocycles. The second-order valence-corrected chi connectivity index (χ2v) is 5.38. The smallest absolute Gasteiger partial charge is 0.118 e. The van der Waals surface area contributed by atoms with Gasteiger partial charge >= 0.3 is 0 Å². The van der Waals surface area contributed by atoms with E-state index in [9.17, 15) is 5.11 Å². The Hall–Kier alpha value is -3.70. The maximum Gasteiger partial charge on any atom is 0.118 e. The van der Waals surface area contributed by atoms with Crippen molar-refractivity contribution in [1.82, 2.24) is 0 Å². The molecule has 3 N–H and O–H groups in total. The lowest BCUT2D eigenvalue weighted by Gasteiger charge is -2.03. The van der Waals surface area contributed by atoms with Gasteiger partial charge in [0.15, 0.2) is 0 Å². The molecule has 0 aliphatic heterocycles. The lowest BCUT2D eigenvalue weighted by molar-refractivity contribution is 0.162. The fourth-order valence-electron chi connectivity index (χ4n) is 2.02. The number of aryl methyl sites for hydroxylation is 1. The van der Waals surface area contributed by atoms with Crippen LogP contribution >= 0.6 is 0 Å². The Kier molecular flexibility index (Phi) is 304. The number of aromatic hydroxyl groups is 1. The quantitative estimate of drug-likeness (QED) is 0.179. The number of para-hydroxylation sites is 1. The van der Waals surface area contributed by atoms with Crippen LogP contribution in [0.15, 0.2) is 156 Å². The van der Waals surface area contributed by atoms with E-state index in [-0.39, 0.29) is 13.2 Å². The number of phenols is 1. The summed E-state index contributed by atoms with van der Waals surface area (Å²) in [5.41, 5.74) is 1.09. The van der Waals surface area contributed by atoms with Gasteiger partial charge in [0.1, 0.15) is 5.75 Å². The highest BCUT2D eigenvalue weighted by atomic mass is 16.5. The molecular weight excluding hydrogens is 544 g/mol. The molecule has 0 aliphatic carbocycles. The van der Waals surface area contributed by atoms with Crippen LogP contribution in [0.1, 0.15) is 64.9 Å². The van der Waals surface area contributed by atoms with Crippen LogP contribution in [0.4, 0.5) is 0 Å². The van der Waals surface area contributed by atoms with Crippen LogP contribution in [0.2, 0.25) is 0 Å². The second kappa shape index (κ2) is 172. The van der Waals surface area contributed by atoms with Gasteiger partial charge in [-0.05, 0) is 38.3 Å². The summed E-state index contributed by atoms with van der Waals surface area (Å²) in [6.45, 7) is 67.7. The first-order valence-electron chi connectivity index (χ1n) is 14.2. The third-order valence-corrected chi connectivity index (χ3v) is 3.30. The van der Waals surface area contributed by atoms with E-state index in [2.05, 4.69) is 139 Å². The SMILES string of the molecule is C=C.C=C.C=C.C=C.C=C.C=C.C=C.C=C.C=C.C=C.CCCCCCCCc1ccccc1O.CCOCC.OCCO. The van der Waals surface area contributed by atoms with Crippen molar-refractivity contribution in [3.8, 4) is 5.75 Å². The maximum absolute atomic E-state index is 9.55. The van der Waals surface area contributed by atoms with Crippen molar-refractivity contribution in [2.24, 2.45) is 0 Å². The van der Waals surface area contributed by atoms with Crippen molar-refractivity contribution < 1.29 is 20.1 Å². The van der Waals surface area contributed by atoms with Crippen LogP contribution in [-0.2, 0) is 11.2 Å². The number of hydrogen-bond acceptors (Lipinski definition) is 4. The molecule has 0 bridgehead atoms. The molecule has 0 spiro atoms. The maximum atomic E-state index is 9.55. The van der Waals surface area contributed by atoms with E-state index in [1.165, 1.54) is 38.5 Å². The summed E-state index contributed by atoms with van der Waals surface area (Å²) in [5.74, 6) is 0.450. The van der Waals surface area contributed by atoms with Gasteiger partial charge in [0.05, 0.1) is 13.2 Å². The van der Waals surface area contributed by atoms with Gasteiger partial charge in [-0.3, -0.25) is 0 Å². The van der Waals surface area contributed by atoms with Gasteiger partial charge in [-0.15, -0.1) is 132 Å².